The van der Waals surface area contributed by atoms with Crippen molar-refractivity contribution in [1.82, 2.24) is 14.6 Å². The number of methoxy groups -OCH3 is 1. The zero-order valence-corrected chi connectivity index (χ0v) is 20.5. The lowest BCUT2D eigenvalue weighted by Crippen LogP contribution is -2.16. The molecule has 32 heavy (non-hydrogen) atoms. The molecule has 1 amide bonds. The third-order valence-corrected chi connectivity index (χ3v) is 6.95. The van der Waals surface area contributed by atoms with E-state index >= 15 is 0 Å². The minimum atomic E-state index is -4.73. The van der Waals surface area contributed by atoms with Crippen LogP contribution in [0.4, 0.5) is 18.9 Å². The molecule has 166 valence electrons. The van der Waals surface area contributed by atoms with Crippen molar-refractivity contribution in [2.75, 3.05) is 12.4 Å². The van der Waals surface area contributed by atoms with Crippen LogP contribution in [0.2, 0.25) is 5.02 Å². The molecule has 3 heterocycles. The number of rotatable bonds is 4. The second-order valence-corrected chi connectivity index (χ2v) is 9.41. The number of aromatic nitrogens is 3. The van der Waals surface area contributed by atoms with Gasteiger partial charge in [0.15, 0.2) is 17.0 Å². The molecule has 1 aromatic carbocycles. The molecule has 0 atom stereocenters. The average Bonchev–Trinajstić information content (AvgIpc) is 3.31. The van der Waals surface area contributed by atoms with E-state index < -0.39 is 17.8 Å². The van der Waals surface area contributed by atoms with E-state index in [9.17, 15) is 18.0 Å². The van der Waals surface area contributed by atoms with Gasteiger partial charge in [-0.25, -0.2) is 9.50 Å². The third kappa shape index (κ3) is 4.36. The second kappa shape index (κ2) is 8.65. The summed E-state index contributed by atoms with van der Waals surface area (Å²) in [4.78, 5) is 17.7. The zero-order valence-electron chi connectivity index (χ0n) is 15.8. The summed E-state index contributed by atoms with van der Waals surface area (Å²) in [6.45, 7) is 0. The molecule has 0 fully saturated rings. The summed E-state index contributed by atoms with van der Waals surface area (Å²) in [6.07, 6.45) is -4.73. The summed E-state index contributed by atoms with van der Waals surface area (Å²) >= 11 is 13.6. The van der Waals surface area contributed by atoms with Crippen molar-refractivity contribution >= 4 is 72.0 Å². The van der Waals surface area contributed by atoms with Gasteiger partial charge in [-0.3, -0.25) is 4.79 Å². The highest BCUT2D eigenvalue weighted by molar-refractivity contribution is 9.11. The van der Waals surface area contributed by atoms with Crippen molar-refractivity contribution in [2.24, 2.45) is 0 Å². The number of thiophene rings is 1. The van der Waals surface area contributed by atoms with Crippen LogP contribution in [0, 0.1) is 0 Å². The number of anilines is 1. The minimum Gasteiger partial charge on any atom is -0.495 e. The van der Waals surface area contributed by atoms with Gasteiger partial charge in [0.1, 0.15) is 5.75 Å². The molecule has 0 spiro atoms. The second-order valence-electron chi connectivity index (χ2n) is 6.35. The van der Waals surface area contributed by atoms with Crippen molar-refractivity contribution in [3.8, 4) is 16.3 Å². The fourth-order valence-corrected chi connectivity index (χ4v) is 4.93. The molecule has 3 aromatic heterocycles. The van der Waals surface area contributed by atoms with E-state index in [1.165, 1.54) is 36.6 Å². The third-order valence-electron chi connectivity index (χ3n) is 4.27. The monoisotopic (exact) mass is 608 g/mol. The molecule has 0 aliphatic heterocycles. The molecular weight excluding hydrogens is 601 g/mol. The molecule has 4 rings (SSSR count). The van der Waals surface area contributed by atoms with Crippen LogP contribution >= 0.6 is 54.8 Å². The van der Waals surface area contributed by atoms with Crippen LogP contribution in [0.15, 0.2) is 44.7 Å². The van der Waals surface area contributed by atoms with Crippen molar-refractivity contribution in [3.05, 3.63) is 61.1 Å². The maximum Gasteiger partial charge on any atom is 0.433 e. The number of carbonyl (C=O) groups excluding carboxylic acids is 1. The van der Waals surface area contributed by atoms with Crippen LogP contribution in [-0.2, 0) is 6.18 Å². The summed E-state index contributed by atoms with van der Waals surface area (Å²) in [5.74, 6) is -0.470. The number of ether oxygens (including phenoxy) is 1. The van der Waals surface area contributed by atoms with E-state index in [0.29, 0.717) is 14.4 Å². The highest BCUT2D eigenvalue weighted by Crippen LogP contribution is 2.37. The van der Waals surface area contributed by atoms with Crippen molar-refractivity contribution in [1.29, 1.82) is 0 Å². The van der Waals surface area contributed by atoms with Crippen LogP contribution in [-0.4, -0.2) is 27.6 Å². The summed E-state index contributed by atoms with van der Waals surface area (Å²) < 4.78 is 47.9. The number of carbonyl (C=O) groups is 1. The summed E-state index contributed by atoms with van der Waals surface area (Å²) in [6, 6.07) is 7.09. The number of amides is 1. The van der Waals surface area contributed by atoms with Crippen molar-refractivity contribution in [2.45, 2.75) is 6.18 Å². The number of alkyl halides is 3. The number of benzene rings is 1. The highest BCUT2D eigenvalue weighted by Gasteiger charge is 2.37. The highest BCUT2D eigenvalue weighted by atomic mass is 79.9. The maximum atomic E-state index is 13.8. The fourth-order valence-electron chi connectivity index (χ4n) is 2.86. The van der Waals surface area contributed by atoms with Gasteiger partial charge in [-0.05, 0) is 56.1 Å². The first-order chi connectivity index (χ1) is 15.1. The molecule has 0 radical (unpaired) electrons. The number of halogens is 6. The average molecular weight is 611 g/mol. The summed E-state index contributed by atoms with van der Waals surface area (Å²) in [5, 5.41) is 8.59. The van der Waals surface area contributed by atoms with Crippen LogP contribution in [0.3, 0.4) is 0 Å². The predicted molar refractivity (Wildman–Crippen MR) is 123 cm³/mol. The number of nitrogens with one attached hydrogen (secondary N) is 1. The van der Waals surface area contributed by atoms with Crippen LogP contribution in [0.1, 0.15) is 16.2 Å². The van der Waals surface area contributed by atoms with Gasteiger partial charge < -0.3 is 10.1 Å². The first-order valence-electron chi connectivity index (χ1n) is 8.64. The molecule has 1 N–H and O–H groups in total. The van der Waals surface area contributed by atoms with Gasteiger partial charge >= 0.3 is 6.18 Å². The van der Waals surface area contributed by atoms with Gasteiger partial charge in [-0.2, -0.15) is 18.3 Å². The lowest BCUT2D eigenvalue weighted by atomic mass is 10.2. The fraction of sp³-hybridized carbons (Fsp3) is 0.105. The first kappa shape index (κ1) is 23.0. The standard InChI is InChI=1S/C19H10Br2ClF3N4O2S/c1-31-12-5-9(22)2-3-10(12)27-18(30)16-15(21)17-26-11(13-4-8(20)7-32-13)6-14(19(23,24)25)29(17)28-16/h2-7H,1H3,(H,27,30). The van der Waals surface area contributed by atoms with Gasteiger partial charge in [-0.15, -0.1) is 11.3 Å². The van der Waals surface area contributed by atoms with Crippen LogP contribution in [0.5, 0.6) is 5.75 Å². The SMILES string of the molecule is COc1cc(Cl)ccc1NC(=O)c1nn2c(C(F)(F)F)cc(-c3cc(Br)cs3)nc2c1Br. The van der Waals surface area contributed by atoms with E-state index in [-0.39, 0.29) is 32.9 Å². The number of nitrogens with zero attached hydrogens (tertiary/aromatic N) is 3. The number of hydrogen-bond donors (Lipinski definition) is 1. The molecule has 13 heteroatoms. The molecule has 0 saturated heterocycles. The topological polar surface area (TPSA) is 68.5 Å². The largest absolute Gasteiger partial charge is 0.495 e. The first-order valence-corrected chi connectivity index (χ1v) is 11.5. The normalized spacial score (nSPS) is 11.7. The molecule has 4 aromatic rings. The number of fused-ring (bicyclic) bond motifs is 1. The predicted octanol–water partition coefficient (Wildman–Crippen LogP) is 6.92. The Kier molecular flexibility index (Phi) is 6.23. The molecule has 0 aliphatic carbocycles. The quantitative estimate of drug-likeness (QED) is 0.273. The van der Waals surface area contributed by atoms with E-state index in [0.717, 1.165) is 10.5 Å². The molecule has 0 bridgehead atoms. The van der Waals surface area contributed by atoms with Crippen molar-refractivity contribution in [3.63, 3.8) is 0 Å². The van der Waals surface area contributed by atoms with Gasteiger partial charge in [0.25, 0.3) is 5.91 Å². The van der Waals surface area contributed by atoms with Gasteiger partial charge in [-0.1, -0.05) is 11.6 Å². The Hall–Kier alpha value is -2.15. The summed E-state index contributed by atoms with van der Waals surface area (Å²) in [7, 11) is 1.39. The zero-order chi connectivity index (χ0) is 23.2. The molecule has 6 nitrogen and oxygen atoms in total. The smallest absolute Gasteiger partial charge is 0.433 e. The summed E-state index contributed by atoms with van der Waals surface area (Å²) in [5.41, 5.74) is -1.10. The molecule has 0 unspecified atom stereocenters. The molecule has 0 aliphatic rings. The molecular formula is C19H10Br2ClF3N4O2S. The Morgan fingerprint density at radius 1 is 1.25 bits per heavy atom. The minimum absolute atomic E-state index is 0.0194. The van der Waals surface area contributed by atoms with E-state index in [4.69, 9.17) is 16.3 Å². The van der Waals surface area contributed by atoms with E-state index in [2.05, 4.69) is 47.3 Å². The van der Waals surface area contributed by atoms with Gasteiger partial charge in [0.2, 0.25) is 0 Å². The van der Waals surface area contributed by atoms with Crippen molar-refractivity contribution < 1.29 is 22.7 Å². The Morgan fingerprint density at radius 2 is 2.00 bits per heavy atom. The van der Waals surface area contributed by atoms with Crippen LogP contribution in [0.25, 0.3) is 16.2 Å². The Bertz CT molecular complexity index is 1360. The number of hydrogen-bond acceptors (Lipinski definition) is 5. The van der Waals surface area contributed by atoms with E-state index in [1.807, 2.05) is 0 Å². The molecule has 0 saturated carbocycles. The maximum absolute atomic E-state index is 13.8. The Balaban J connectivity index is 1.83. The van der Waals surface area contributed by atoms with E-state index in [1.54, 1.807) is 11.4 Å². The Morgan fingerprint density at radius 3 is 2.62 bits per heavy atom. The Labute approximate surface area is 204 Å². The lowest BCUT2D eigenvalue weighted by molar-refractivity contribution is -0.142. The van der Waals surface area contributed by atoms with Gasteiger partial charge in [0.05, 0.1) is 27.8 Å². The van der Waals surface area contributed by atoms with Crippen LogP contribution < -0.4 is 10.1 Å². The lowest BCUT2D eigenvalue weighted by Gasteiger charge is -2.10. The van der Waals surface area contributed by atoms with Gasteiger partial charge in [0, 0.05) is 20.9 Å².